The zero-order valence-corrected chi connectivity index (χ0v) is 22.4. The topological polar surface area (TPSA) is 117 Å². The molecule has 0 unspecified atom stereocenters. The Kier molecular flexibility index (Phi) is 8.24. The first-order valence-corrected chi connectivity index (χ1v) is 12.9. The minimum Gasteiger partial charge on any atom is -0.322 e. The van der Waals surface area contributed by atoms with Gasteiger partial charge in [0.15, 0.2) is 0 Å². The molecule has 0 spiro atoms. The van der Waals surface area contributed by atoms with Crippen molar-refractivity contribution in [2.24, 2.45) is 5.10 Å². The van der Waals surface area contributed by atoms with E-state index in [0.717, 1.165) is 11.3 Å². The quantitative estimate of drug-likeness (QED) is 0.142. The number of nitrogens with one attached hydrogen (secondary N) is 3. The van der Waals surface area contributed by atoms with Crippen molar-refractivity contribution >= 4 is 35.3 Å². The average molecular weight is 561 g/mol. The maximum Gasteiger partial charge on any atom is 0.329 e. The van der Waals surface area contributed by atoms with Crippen LogP contribution in [0.15, 0.2) is 114 Å². The third-order valence-corrected chi connectivity index (χ3v) is 6.19. The molecule has 1 heterocycles. The van der Waals surface area contributed by atoms with Gasteiger partial charge < -0.3 is 10.6 Å². The first kappa shape index (κ1) is 27.7. The molecule has 0 aliphatic carbocycles. The van der Waals surface area contributed by atoms with Crippen LogP contribution in [-0.2, 0) is 9.59 Å². The van der Waals surface area contributed by atoms with Gasteiger partial charge in [0.05, 0.1) is 23.2 Å². The average Bonchev–Trinajstić information content (AvgIpc) is 3.43. The molecule has 0 aliphatic rings. The molecule has 42 heavy (non-hydrogen) atoms. The van der Waals surface area contributed by atoms with E-state index in [1.54, 1.807) is 47.3 Å². The van der Waals surface area contributed by atoms with Gasteiger partial charge in [0.25, 0.3) is 5.91 Å². The summed E-state index contributed by atoms with van der Waals surface area (Å²) in [5, 5.41) is 13.8. The van der Waals surface area contributed by atoms with Gasteiger partial charge in [-0.25, -0.2) is 14.5 Å². The summed E-state index contributed by atoms with van der Waals surface area (Å²) in [7, 11) is 0. The van der Waals surface area contributed by atoms with E-state index < -0.39 is 17.7 Å². The molecule has 5 aromatic rings. The van der Waals surface area contributed by atoms with E-state index in [4.69, 9.17) is 0 Å². The van der Waals surface area contributed by atoms with Crippen molar-refractivity contribution in [1.82, 2.24) is 15.2 Å². The maximum absolute atomic E-state index is 13.5. The highest BCUT2D eigenvalue weighted by molar-refractivity contribution is 6.40. The normalized spacial score (nSPS) is 10.8. The zero-order chi connectivity index (χ0) is 29.5. The fourth-order valence-corrected chi connectivity index (χ4v) is 4.04. The second-order valence-corrected chi connectivity index (χ2v) is 9.24. The molecule has 0 saturated carbocycles. The number of halogens is 1. The van der Waals surface area contributed by atoms with Crippen molar-refractivity contribution in [2.45, 2.75) is 6.92 Å². The predicted octanol–water partition coefficient (Wildman–Crippen LogP) is 5.33. The number of aryl methyl sites for hydroxylation is 1. The molecule has 4 aromatic carbocycles. The largest absolute Gasteiger partial charge is 0.329 e. The molecule has 0 saturated heterocycles. The van der Waals surface area contributed by atoms with E-state index in [9.17, 15) is 18.8 Å². The molecular formula is C32H25FN6O3. The summed E-state index contributed by atoms with van der Waals surface area (Å²) in [5.41, 5.74) is 6.62. The van der Waals surface area contributed by atoms with Crippen molar-refractivity contribution in [1.29, 1.82) is 0 Å². The van der Waals surface area contributed by atoms with E-state index in [0.29, 0.717) is 22.5 Å². The molecule has 9 nitrogen and oxygen atoms in total. The number of anilines is 2. The fourth-order valence-electron chi connectivity index (χ4n) is 4.04. The predicted molar refractivity (Wildman–Crippen MR) is 159 cm³/mol. The van der Waals surface area contributed by atoms with Crippen LogP contribution in [0.3, 0.4) is 0 Å². The van der Waals surface area contributed by atoms with Crippen molar-refractivity contribution in [3.63, 3.8) is 0 Å². The number of hydrogen-bond acceptors (Lipinski definition) is 5. The molecule has 3 N–H and O–H groups in total. The standard InChI is InChI=1S/C32H25FN6O3/c1-21-11-17-25(18-12-21)35-30(40)27-9-5-6-10-28(27)36-31(41)32(42)37-34-19-23-20-39(26-7-3-2-4-8-26)38-29(23)22-13-15-24(33)16-14-22/h2-20H,1H3,(H,35,40)(H,36,41)(H,37,42)/b34-19+. The Hall–Kier alpha value is -5.90. The molecule has 0 atom stereocenters. The second kappa shape index (κ2) is 12.5. The van der Waals surface area contributed by atoms with Crippen LogP contribution in [0.2, 0.25) is 0 Å². The number of nitrogens with zero attached hydrogens (tertiary/aromatic N) is 3. The lowest BCUT2D eigenvalue weighted by Crippen LogP contribution is -2.33. The first-order valence-electron chi connectivity index (χ1n) is 12.9. The highest BCUT2D eigenvalue weighted by atomic mass is 19.1. The number of aromatic nitrogens is 2. The number of carbonyl (C=O) groups excluding carboxylic acids is 3. The number of amides is 3. The van der Waals surface area contributed by atoms with Crippen LogP contribution in [-0.4, -0.2) is 33.7 Å². The molecule has 5 rings (SSSR count). The summed E-state index contributed by atoms with van der Waals surface area (Å²) in [6, 6.07) is 28.8. The zero-order valence-electron chi connectivity index (χ0n) is 22.4. The molecule has 1 aromatic heterocycles. The molecule has 0 aliphatic heterocycles. The Morgan fingerprint density at radius 1 is 0.810 bits per heavy atom. The van der Waals surface area contributed by atoms with Gasteiger partial charge in [0.2, 0.25) is 0 Å². The van der Waals surface area contributed by atoms with E-state index in [1.165, 1.54) is 30.5 Å². The van der Waals surface area contributed by atoms with Gasteiger partial charge in [-0.3, -0.25) is 14.4 Å². The van der Waals surface area contributed by atoms with Crippen LogP contribution in [0.1, 0.15) is 21.5 Å². The lowest BCUT2D eigenvalue weighted by Gasteiger charge is -2.11. The molecule has 0 radical (unpaired) electrons. The minimum atomic E-state index is -1.04. The highest BCUT2D eigenvalue weighted by Gasteiger charge is 2.18. The van der Waals surface area contributed by atoms with E-state index in [2.05, 4.69) is 26.3 Å². The minimum absolute atomic E-state index is 0.161. The molecule has 3 amide bonds. The Morgan fingerprint density at radius 3 is 2.24 bits per heavy atom. The van der Waals surface area contributed by atoms with E-state index in [-0.39, 0.29) is 17.1 Å². The summed E-state index contributed by atoms with van der Waals surface area (Å²) >= 11 is 0. The highest BCUT2D eigenvalue weighted by Crippen LogP contribution is 2.23. The number of para-hydroxylation sites is 2. The van der Waals surface area contributed by atoms with Crippen LogP contribution >= 0.6 is 0 Å². The molecule has 10 heteroatoms. The smallest absolute Gasteiger partial charge is 0.322 e. The van der Waals surface area contributed by atoms with Crippen LogP contribution in [0.5, 0.6) is 0 Å². The third kappa shape index (κ3) is 6.62. The van der Waals surface area contributed by atoms with Crippen molar-refractivity contribution in [3.05, 3.63) is 132 Å². The number of benzene rings is 4. The Bertz CT molecular complexity index is 1760. The van der Waals surface area contributed by atoms with Crippen LogP contribution in [0.25, 0.3) is 16.9 Å². The Morgan fingerprint density at radius 2 is 1.50 bits per heavy atom. The van der Waals surface area contributed by atoms with Crippen LogP contribution < -0.4 is 16.1 Å². The van der Waals surface area contributed by atoms with Gasteiger partial charge in [0, 0.05) is 23.0 Å². The molecule has 0 fully saturated rings. The molecule has 0 bridgehead atoms. The maximum atomic E-state index is 13.5. The Labute approximate surface area is 240 Å². The first-order chi connectivity index (χ1) is 20.4. The monoisotopic (exact) mass is 560 g/mol. The van der Waals surface area contributed by atoms with Crippen molar-refractivity contribution in [2.75, 3.05) is 10.6 Å². The number of carbonyl (C=O) groups is 3. The molecule has 208 valence electrons. The SMILES string of the molecule is Cc1ccc(NC(=O)c2ccccc2NC(=O)C(=O)N/N=C/c2cn(-c3ccccc3)nc2-c2ccc(F)cc2)cc1. The van der Waals surface area contributed by atoms with Gasteiger partial charge in [-0.2, -0.15) is 10.2 Å². The van der Waals surface area contributed by atoms with Gasteiger partial charge in [0.1, 0.15) is 11.5 Å². The van der Waals surface area contributed by atoms with E-state index in [1.807, 2.05) is 49.4 Å². The fraction of sp³-hybridized carbons (Fsp3) is 0.0312. The third-order valence-electron chi connectivity index (χ3n) is 6.19. The number of hydrazone groups is 1. The summed E-state index contributed by atoms with van der Waals surface area (Å²) in [6.07, 6.45) is 3.05. The van der Waals surface area contributed by atoms with E-state index >= 15 is 0 Å². The summed E-state index contributed by atoms with van der Waals surface area (Å²) < 4.78 is 15.1. The van der Waals surface area contributed by atoms with Gasteiger partial charge in [-0.15, -0.1) is 0 Å². The van der Waals surface area contributed by atoms with Crippen LogP contribution in [0.4, 0.5) is 15.8 Å². The van der Waals surface area contributed by atoms with Gasteiger partial charge >= 0.3 is 11.8 Å². The number of hydrogen-bond donors (Lipinski definition) is 3. The van der Waals surface area contributed by atoms with Gasteiger partial charge in [-0.1, -0.05) is 48.0 Å². The lowest BCUT2D eigenvalue weighted by molar-refractivity contribution is -0.136. The summed E-state index contributed by atoms with van der Waals surface area (Å²) in [6.45, 7) is 1.94. The second-order valence-electron chi connectivity index (χ2n) is 9.24. The lowest BCUT2D eigenvalue weighted by atomic mass is 10.1. The summed E-state index contributed by atoms with van der Waals surface area (Å²) in [4.78, 5) is 38.1. The van der Waals surface area contributed by atoms with Crippen LogP contribution in [0, 0.1) is 12.7 Å². The van der Waals surface area contributed by atoms with Gasteiger partial charge in [-0.05, 0) is 67.6 Å². The summed E-state index contributed by atoms with van der Waals surface area (Å²) in [5.74, 6) is -2.89. The Balaban J connectivity index is 1.29. The van der Waals surface area contributed by atoms with Crippen molar-refractivity contribution < 1.29 is 18.8 Å². The number of rotatable bonds is 7. The molecular weight excluding hydrogens is 535 g/mol. The van der Waals surface area contributed by atoms with Crippen molar-refractivity contribution in [3.8, 4) is 16.9 Å².